The lowest BCUT2D eigenvalue weighted by atomic mass is 9.90. The van der Waals surface area contributed by atoms with E-state index in [0.29, 0.717) is 12.2 Å². The molecule has 4 N–H and O–H groups in total. The molecular formula is C19H33N5O. The number of nitrogens with one attached hydrogen (secondary N) is 4. The summed E-state index contributed by atoms with van der Waals surface area (Å²) >= 11 is 0. The number of hydrogen-bond acceptors (Lipinski definition) is 6. The third kappa shape index (κ3) is 6.30. The maximum atomic E-state index is 12.4. The van der Waals surface area contributed by atoms with E-state index in [9.17, 15) is 4.79 Å². The Labute approximate surface area is 151 Å². The number of piperidine rings is 1. The van der Waals surface area contributed by atoms with Crippen LogP contribution in [-0.2, 0) is 4.79 Å². The number of nitrogens with zero attached hydrogens (tertiary/aromatic N) is 1. The first-order chi connectivity index (χ1) is 11.9. The van der Waals surface area contributed by atoms with Crippen molar-refractivity contribution in [1.29, 1.82) is 0 Å². The molecular weight excluding hydrogens is 314 g/mol. The fraction of sp³-hybridized carbons (Fsp3) is 0.632. The zero-order valence-corrected chi connectivity index (χ0v) is 16.0. The fourth-order valence-corrected chi connectivity index (χ4v) is 3.07. The predicted octanol–water partition coefficient (Wildman–Crippen LogP) is 0.713. The van der Waals surface area contributed by atoms with Crippen LogP contribution in [0, 0.1) is 0 Å². The summed E-state index contributed by atoms with van der Waals surface area (Å²) in [4.78, 5) is 14.5. The molecule has 0 aromatic rings. The van der Waals surface area contributed by atoms with E-state index >= 15 is 0 Å². The van der Waals surface area contributed by atoms with Gasteiger partial charge in [0, 0.05) is 24.3 Å². The van der Waals surface area contributed by atoms with Gasteiger partial charge in [0.05, 0.1) is 17.9 Å². The van der Waals surface area contributed by atoms with Crippen molar-refractivity contribution in [3.8, 4) is 0 Å². The molecule has 0 aromatic heterocycles. The fourth-order valence-electron chi connectivity index (χ4n) is 3.07. The third-order valence-electron chi connectivity index (χ3n) is 4.72. The van der Waals surface area contributed by atoms with E-state index < -0.39 is 0 Å². The van der Waals surface area contributed by atoms with Gasteiger partial charge in [-0.2, -0.15) is 0 Å². The second kappa shape index (κ2) is 9.17. The van der Waals surface area contributed by atoms with Gasteiger partial charge in [-0.15, -0.1) is 0 Å². The lowest BCUT2D eigenvalue weighted by Crippen LogP contribution is -2.49. The van der Waals surface area contributed by atoms with Crippen LogP contribution in [0.2, 0.25) is 0 Å². The van der Waals surface area contributed by atoms with Gasteiger partial charge in [-0.3, -0.25) is 4.79 Å². The number of Topliss-reactive ketones (excluding diaryl/α,β-unsaturated/α-hetero) is 1. The van der Waals surface area contributed by atoms with E-state index in [-0.39, 0.29) is 11.3 Å². The van der Waals surface area contributed by atoms with Crippen molar-refractivity contribution >= 4 is 5.78 Å². The Hall–Kier alpha value is -1.63. The molecule has 0 bridgehead atoms. The molecule has 6 heteroatoms. The summed E-state index contributed by atoms with van der Waals surface area (Å²) in [5.74, 6) is 0.0847. The summed E-state index contributed by atoms with van der Waals surface area (Å²) in [6.07, 6.45) is 7.99. The van der Waals surface area contributed by atoms with Gasteiger partial charge in [0.1, 0.15) is 0 Å². The van der Waals surface area contributed by atoms with Gasteiger partial charge in [0.25, 0.3) is 0 Å². The van der Waals surface area contributed by atoms with Crippen molar-refractivity contribution in [2.75, 3.05) is 46.8 Å². The summed E-state index contributed by atoms with van der Waals surface area (Å²) in [5, 5.41) is 13.5. The molecule has 0 spiro atoms. The first kappa shape index (κ1) is 19.7. The van der Waals surface area contributed by atoms with Gasteiger partial charge in [-0.1, -0.05) is 6.08 Å². The first-order valence-corrected chi connectivity index (χ1v) is 9.13. The number of carbonyl (C=O) groups is 1. The highest BCUT2D eigenvalue weighted by Gasteiger charge is 2.27. The molecule has 2 heterocycles. The molecule has 0 atom stereocenters. The predicted molar refractivity (Wildman–Crippen MR) is 103 cm³/mol. The minimum absolute atomic E-state index is 0.0847. The van der Waals surface area contributed by atoms with Gasteiger partial charge < -0.3 is 26.2 Å². The molecule has 0 aliphatic carbocycles. The van der Waals surface area contributed by atoms with Crippen LogP contribution in [0.3, 0.4) is 0 Å². The van der Waals surface area contributed by atoms with E-state index in [1.807, 2.05) is 32.3 Å². The average Bonchev–Trinajstić information content (AvgIpc) is 2.58. The Morgan fingerprint density at radius 1 is 1.32 bits per heavy atom. The molecule has 1 fully saturated rings. The lowest BCUT2D eigenvalue weighted by Gasteiger charge is -2.37. The number of hydrogen-bond donors (Lipinski definition) is 4. The molecule has 0 amide bonds. The minimum atomic E-state index is 0.0847. The summed E-state index contributed by atoms with van der Waals surface area (Å²) < 4.78 is 0. The van der Waals surface area contributed by atoms with Crippen molar-refractivity contribution in [3.63, 3.8) is 0 Å². The highest BCUT2D eigenvalue weighted by atomic mass is 16.1. The number of likely N-dealkylation sites (N-methyl/N-ethyl adjacent to an activating group) is 1. The van der Waals surface area contributed by atoms with Crippen LogP contribution in [0.15, 0.2) is 35.3 Å². The van der Waals surface area contributed by atoms with Crippen molar-refractivity contribution in [1.82, 2.24) is 26.2 Å². The normalized spacial score (nSPS) is 21.6. The Bertz CT molecular complexity index is 556. The number of rotatable bonds is 8. The topological polar surface area (TPSA) is 68.4 Å². The van der Waals surface area contributed by atoms with Crippen molar-refractivity contribution < 1.29 is 4.79 Å². The van der Waals surface area contributed by atoms with Crippen LogP contribution in [0.4, 0.5) is 0 Å². The molecule has 2 rings (SSSR count). The van der Waals surface area contributed by atoms with Crippen LogP contribution < -0.4 is 21.3 Å². The average molecular weight is 348 g/mol. The smallest absolute Gasteiger partial charge is 0.192 e. The van der Waals surface area contributed by atoms with E-state index in [1.165, 1.54) is 0 Å². The highest BCUT2D eigenvalue weighted by Crippen LogP contribution is 2.20. The monoisotopic (exact) mass is 347 g/mol. The van der Waals surface area contributed by atoms with Gasteiger partial charge in [0.15, 0.2) is 5.78 Å². The molecule has 0 saturated carbocycles. The Kier molecular flexibility index (Phi) is 7.23. The Balaban J connectivity index is 1.89. The van der Waals surface area contributed by atoms with Crippen LogP contribution in [0.5, 0.6) is 0 Å². The Morgan fingerprint density at radius 3 is 2.72 bits per heavy atom. The van der Waals surface area contributed by atoms with Crippen LogP contribution in [0.25, 0.3) is 0 Å². The second-order valence-corrected chi connectivity index (χ2v) is 7.44. The Morgan fingerprint density at radius 2 is 2.04 bits per heavy atom. The molecule has 0 radical (unpaired) electrons. The summed E-state index contributed by atoms with van der Waals surface area (Å²) in [6, 6.07) is 0. The van der Waals surface area contributed by atoms with Crippen molar-refractivity contribution in [3.05, 3.63) is 35.3 Å². The van der Waals surface area contributed by atoms with Crippen LogP contribution in [0.1, 0.15) is 26.7 Å². The maximum Gasteiger partial charge on any atom is 0.192 e. The quantitative estimate of drug-likeness (QED) is 0.485. The standard InChI is InChI=1S/C19H33N5O/c1-15(23-19(2)8-10-20-11-9-19)16-6-5-7-17(22-16)18(25)14-21-12-13-24(3)4/h5-7,20-23H,8-14H2,1-4H3/b16-15-. The maximum absolute atomic E-state index is 12.4. The summed E-state index contributed by atoms with van der Waals surface area (Å²) in [5.41, 5.74) is 2.81. The van der Waals surface area contributed by atoms with Crippen LogP contribution in [-0.4, -0.2) is 63.0 Å². The van der Waals surface area contributed by atoms with E-state index in [0.717, 1.165) is 50.4 Å². The zero-order chi connectivity index (χ0) is 18.3. The molecule has 2 aliphatic heterocycles. The second-order valence-electron chi connectivity index (χ2n) is 7.44. The SMILES string of the molecule is C/C(NC1(C)CCNCC1)=C1\C=CC=C(C(=O)CNCCN(C)C)N1. The largest absolute Gasteiger partial charge is 0.382 e. The van der Waals surface area contributed by atoms with Gasteiger partial charge in [-0.25, -0.2) is 0 Å². The van der Waals surface area contributed by atoms with Crippen LogP contribution >= 0.6 is 0 Å². The molecule has 0 aromatic carbocycles. The molecule has 1 saturated heterocycles. The van der Waals surface area contributed by atoms with Gasteiger partial charge in [-0.05, 0) is 66.0 Å². The number of carbonyl (C=O) groups excluding carboxylic acids is 1. The molecule has 2 aliphatic rings. The van der Waals surface area contributed by atoms with Crippen molar-refractivity contribution in [2.45, 2.75) is 32.2 Å². The molecule has 25 heavy (non-hydrogen) atoms. The molecule has 0 unspecified atom stereocenters. The summed E-state index contributed by atoms with van der Waals surface area (Å²) in [6.45, 7) is 8.49. The van der Waals surface area contributed by atoms with Gasteiger partial charge in [0.2, 0.25) is 0 Å². The first-order valence-electron chi connectivity index (χ1n) is 9.13. The minimum Gasteiger partial charge on any atom is -0.382 e. The van der Waals surface area contributed by atoms with E-state index in [4.69, 9.17) is 0 Å². The molecule has 140 valence electrons. The number of ketones is 1. The third-order valence-corrected chi connectivity index (χ3v) is 4.72. The van der Waals surface area contributed by atoms with Gasteiger partial charge >= 0.3 is 0 Å². The number of dihydropyridines is 1. The highest BCUT2D eigenvalue weighted by molar-refractivity contribution is 5.97. The van der Waals surface area contributed by atoms with E-state index in [2.05, 4.69) is 40.0 Å². The number of allylic oxidation sites excluding steroid dienone is 4. The van der Waals surface area contributed by atoms with Crippen molar-refractivity contribution in [2.24, 2.45) is 0 Å². The lowest BCUT2D eigenvalue weighted by molar-refractivity contribution is -0.115. The zero-order valence-electron chi connectivity index (χ0n) is 16.0. The summed E-state index contributed by atoms with van der Waals surface area (Å²) in [7, 11) is 4.05. The molecule has 6 nitrogen and oxygen atoms in total. The van der Waals surface area contributed by atoms with E-state index in [1.54, 1.807) is 0 Å².